The summed E-state index contributed by atoms with van der Waals surface area (Å²) >= 11 is 0. The molecule has 132 valence electrons. The van der Waals surface area contributed by atoms with Gasteiger partial charge in [-0.2, -0.15) is 5.10 Å². The van der Waals surface area contributed by atoms with E-state index in [1.54, 1.807) is 11.8 Å². The molecule has 1 fully saturated rings. The Bertz CT molecular complexity index is 951. The van der Waals surface area contributed by atoms with Crippen LogP contribution in [0.1, 0.15) is 29.0 Å². The topological polar surface area (TPSA) is 69.3 Å². The maximum Gasteiger partial charge on any atom is 0.275 e. The van der Waals surface area contributed by atoms with Crippen LogP contribution in [0.4, 0.5) is 0 Å². The Morgan fingerprint density at radius 2 is 1.77 bits per heavy atom. The number of fused-ring (bicyclic) bond motifs is 1. The van der Waals surface area contributed by atoms with Crippen molar-refractivity contribution in [3.8, 4) is 0 Å². The van der Waals surface area contributed by atoms with Gasteiger partial charge in [0, 0.05) is 31.9 Å². The third kappa shape index (κ3) is 2.83. The number of carbonyl (C=O) groups is 2. The van der Waals surface area contributed by atoms with Gasteiger partial charge in [-0.15, -0.1) is 0 Å². The number of rotatable bonds is 2. The zero-order chi connectivity index (χ0) is 18.1. The number of carbonyl (C=O) groups excluding carboxylic acids is 2. The fraction of sp³-hybridized carbons (Fsp3) is 0.250. The Morgan fingerprint density at radius 3 is 2.54 bits per heavy atom. The number of nitrogens with zero attached hydrogens (tertiary/aromatic N) is 3. The van der Waals surface area contributed by atoms with E-state index in [0.717, 1.165) is 16.5 Å². The van der Waals surface area contributed by atoms with Crippen LogP contribution in [0.3, 0.4) is 0 Å². The number of nitrogens with one attached hydrogen (secondary N) is 1. The van der Waals surface area contributed by atoms with Gasteiger partial charge in [0.05, 0.1) is 11.6 Å². The minimum absolute atomic E-state index is 0.0242. The van der Waals surface area contributed by atoms with Crippen molar-refractivity contribution in [2.24, 2.45) is 0 Å². The van der Waals surface area contributed by atoms with E-state index in [9.17, 15) is 9.59 Å². The number of hydrogen-bond donors (Lipinski definition) is 1. The molecule has 0 spiro atoms. The van der Waals surface area contributed by atoms with Crippen LogP contribution in [0.15, 0.2) is 54.6 Å². The van der Waals surface area contributed by atoms with Crippen molar-refractivity contribution in [1.29, 1.82) is 0 Å². The smallest absolute Gasteiger partial charge is 0.275 e. The highest BCUT2D eigenvalue weighted by Gasteiger charge is 2.33. The second-order valence-electron chi connectivity index (χ2n) is 6.51. The van der Waals surface area contributed by atoms with Gasteiger partial charge in [-0.1, -0.05) is 48.5 Å². The van der Waals surface area contributed by atoms with Crippen molar-refractivity contribution in [3.63, 3.8) is 0 Å². The van der Waals surface area contributed by atoms with Crippen LogP contribution in [-0.4, -0.2) is 51.4 Å². The zero-order valence-electron chi connectivity index (χ0n) is 14.6. The van der Waals surface area contributed by atoms with Gasteiger partial charge in [-0.05, 0) is 11.6 Å². The van der Waals surface area contributed by atoms with Crippen LogP contribution in [0.2, 0.25) is 0 Å². The van der Waals surface area contributed by atoms with Crippen LogP contribution in [-0.2, 0) is 4.79 Å². The molecule has 1 atom stereocenters. The molecule has 0 saturated carbocycles. The van der Waals surface area contributed by atoms with Crippen molar-refractivity contribution >= 4 is 22.7 Å². The van der Waals surface area contributed by atoms with Gasteiger partial charge < -0.3 is 9.80 Å². The van der Waals surface area contributed by atoms with E-state index in [4.69, 9.17) is 0 Å². The van der Waals surface area contributed by atoms with Gasteiger partial charge in [0.25, 0.3) is 5.91 Å². The number of amides is 2. The van der Waals surface area contributed by atoms with Gasteiger partial charge in [-0.25, -0.2) is 0 Å². The van der Waals surface area contributed by atoms with Crippen molar-refractivity contribution in [3.05, 3.63) is 65.9 Å². The zero-order valence-corrected chi connectivity index (χ0v) is 14.6. The van der Waals surface area contributed by atoms with E-state index < -0.39 is 0 Å². The first-order chi connectivity index (χ1) is 12.6. The molecular weight excluding hydrogens is 328 g/mol. The lowest BCUT2D eigenvalue weighted by atomic mass is 10.0. The van der Waals surface area contributed by atoms with Crippen LogP contribution in [0, 0.1) is 0 Å². The first kappa shape index (κ1) is 16.3. The van der Waals surface area contributed by atoms with Crippen molar-refractivity contribution < 1.29 is 9.59 Å². The fourth-order valence-corrected chi connectivity index (χ4v) is 3.58. The number of hydrogen-bond acceptors (Lipinski definition) is 3. The summed E-state index contributed by atoms with van der Waals surface area (Å²) in [6, 6.07) is 17.3. The van der Waals surface area contributed by atoms with E-state index >= 15 is 0 Å². The second-order valence-corrected chi connectivity index (χ2v) is 6.51. The molecule has 1 N–H and O–H groups in total. The lowest BCUT2D eigenvalue weighted by Gasteiger charge is -2.41. The summed E-state index contributed by atoms with van der Waals surface area (Å²) in [7, 11) is 0. The largest absolute Gasteiger partial charge is 0.333 e. The normalized spacial score (nSPS) is 17.5. The average Bonchev–Trinajstić information content (AvgIpc) is 3.11. The second kappa shape index (κ2) is 6.63. The van der Waals surface area contributed by atoms with Crippen molar-refractivity contribution in [2.45, 2.75) is 13.0 Å². The lowest BCUT2D eigenvalue weighted by Crippen LogP contribution is -2.51. The monoisotopic (exact) mass is 348 g/mol. The first-order valence-corrected chi connectivity index (χ1v) is 8.69. The molecule has 0 aliphatic carbocycles. The quantitative estimate of drug-likeness (QED) is 0.774. The standard InChI is InChI=1S/C20H20N4O2/c1-14(25)24-12-11-23(13-18(24)15-7-3-2-4-8-15)20(26)19-16-9-5-6-10-17(16)21-22-19/h2-10,18H,11-13H2,1H3,(H,21,22)/t18-/m0/s1. The summed E-state index contributed by atoms with van der Waals surface area (Å²) in [5.41, 5.74) is 2.31. The van der Waals surface area contributed by atoms with Gasteiger partial charge in [0.1, 0.15) is 0 Å². The van der Waals surface area contributed by atoms with Crippen molar-refractivity contribution in [2.75, 3.05) is 19.6 Å². The highest BCUT2D eigenvalue weighted by molar-refractivity contribution is 6.04. The predicted octanol–water partition coefficient (Wildman–Crippen LogP) is 2.61. The fourth-order valence-electron chi connectivity index (χ4n) is 3.58. The summed E-state index contributed by atoms with van der Waals surface area (Å²) in [6.07, 6.45) is 0. The first-order valence-electron chi connectivity index (χ1n) is 8.69. The van der Waals surface area contributed by atoms with Gasteiger partial charge in [0.2, 0.25) is 5.91 Å². The minimum atomic E-state index is -0.142. The minimum Gasteiger partial charge on any atom is -0.333 e. The number of para-hydroxylation sites is 1. The molecule has 6 nitrogen and oxygen atoms in total. The molecule has 1 aromatic heterocycles. The predicted molar refractivity (Wildman–Crippen MR) is 98.6 cm³/mol. The summed E-state index contributed by atoms with van der Waals surface area (Å²) in [4.78, 5) is 28.8. The Morgan fingerprint density at radius 1 is 1.04 bits per heavy atom. The summed E-state index contributed by atoms with van der Waals surface area (Å²) in [5.74, 6) is -0.0808. The molecule has 26 heavy (non-hydrogen) atoms. The number of piperazine rings is 1. The van der Waals surface area contributed by atoms with Crippen LogP contribution in [0.25, 0.3) is 10.9 Å². The molecule has 3 aromatic rings. The van der Waals surface area contributed by atoms with Crippen LogP contribution >= 0.6 is 0 Å². The summed E-state index contributed by atoms with van der Waals surface area (Å²) in [5, 5.41) is 7.96. The van der Waals surface area contributed by atoms with E-state index in [0.29, 0.717) is 25.3 Å². The Hall–Kier alpha value is -3.15. The van der Waals surface area contributed by atoms with E-state index in [1.807, 2.05) is 59.5 Å². The molecule has 1 saturated heterocycles. The average molecular weight is 348 g/mol. The molecule has 2 heterocycles. The van der Waals surface area contributed by atoms with E-state index in [-0.39, 0.29) is 17.9 Å². The van der Waals surface area contributed by atoms with Crippen LogP contribution < -0.4 is 0 Å². The molecule has 2 amide bonds. The van der Waals surface area contributed by atoms with Crippen LogP contribution in [0.5, 0.6) is 0 Å². The number of benzene rings is 2. The molecule has 4 rings (SSSR count). The molecule has 0 radical (unpaired) electrons. The third-order valence-corrected chi connectivity index (χ3v) is 4.93. The molecule has 2 aromatic carbocycles. The van der Waals surface area contributed by atoms with Gasteiger partial charge >= 0.3 is 0 Å². The Labute approximate surface area is 151 Å². The lowest BCUT2D eigenvalue weighted by molar-refractivity contribution is -0.133. The van der Waals surface area contributed by atoms with E-state index in [1.165, 1.54) is 0 Å². The summed E-state index contributed by atoms with van der Waals surface area (Å²) in [6.45, 7) is 3.06. The maximum absolute atomic E-state index is 13.1. The SMILES string of the molecule is CC(=O)N1CCN(C(=O)c2n[nH]c3ccccc23)C[C@H]1c1ccccc1. The molecule has 1 aliphatic heterocycles. The Kier molecular flexibility index (Phi) is 4.16. The number of aromatic amines is 1. The number of aromatic nitrogens is 2. The molecule has 0 unspecified atom stereocenters. The van der Waals surface area contributed by atoms with Crippen molar-refractivity contribution in [1.82, 2.24) is 20.0 Å². The van der Waals surface area contributed by atoms with Gasteiger partial charge in [-0.3, -0.25) is 14.7 Å². The van der Waals surface area contributed by atoms with Gasteiger partial charge in [0.15, 0.2) is 5.69 Å². The summed E-state index contributed by atoms with van der Waals surface area (Å²) < 4.78 is 0. The maximum atomic E-state index is 13.1. The molecular formula is C20H20N4O2. The highest BCUT2D eigenvalue weighted by atomic mass is 16.2. The molecule has 6 heteroatoms. The molecule has 1 aliphatic rings. The molecule has 0 bridgehead atoms. The van der Waals surface area contributed by atoms with E-state index in [2.05, 4.69) is 10.2 Å². The number of H-pyrrole nitrogens is 1. The third-order valence-electron chi connectivity index (χ3n) is 4.93. The highest BCUT2D eigenvalue weighted by Crippen LogP contribution is 2.27. The Balaban J connectivity index is 1.64.